The lowest BCUT2D eigenvalue weighted by Gasteiger charge is -2.29. The zero-order valence-corrected chi connectivity index (χ0v) is 16.6. The lowest BCUT2D eigenvalue weighted by Crippen LogP contribution is -2.39. The number of unbranched alkanes of at least 4 members (excludes halogenated alkanes) is 1. The second-order valence-electron chi connectivity index (χ2n) is 7.24. The molecular weight excluding hydrogens is 354 g/mol. The first-order chi connectivity index (χ1) is 13.5. The number of ether oxygens (including phenoxy) is 1. The third kappa shape index (κ3) is 5.81. The highest BCUT2D eigenvalue weighted by Gasteiger charge is 2.34. The fourth-order valence-corrected chi connectivity index (χ4v) is 3.49. The number of aliphatic hydroxyl groups is 2. The van der Waals surface area contributed by atoms with Crippen LogP contribution in [-0.4, -0.2) is 35.9 Å². The summed E-state index contributed by atoms with van der Waals surface area (Å²) in [5.74, 6) is 0.399. The third-order valence-electron chi connectivity index (χ3n) is 5.31. The van der Waals surface area contributed by atoms with Crippen LogP contribution >= 0.6 is 0 Å². The maximum absolute atomic E-state index is 11.9. The molecule has 2 aromatic carbocycles. The maximum Gasteiger partial charge on any atom is 0.223 e. The van der Waals surface area contributed by atoms with Crippen molar-refractivity contribution in [2.75, 3.05) is 19.8 Å². The fourth-order valence-electron chi connectivity index (χ4n) is 3.49. The Bertz CT molecular complexity index is 740. The number of hydrogen-bond donors (Lipinski definition) is 3. The van der Waals surface area contributed by atoms with Crippen molar-refractivity contribution in [2.45, 2.75) is 39.0 Å². The highest BCUT2D eigenvalue weighted by atomic mass is 16.5. The minimum Gasteiger partial charge on any atom is -0.493 e. The van der Waals surface area contributed by atoms with Gasteiger partial charge in [0, 0.05) is 13.2 Å². The Morgan fingerprint density at radius 1 is 0.964 bits per heavy atom. The molecule has 0 saturated carbocycles. The van der Waals surface area contributed by atoms with Gasteiger partial charge in [-0.15, -0.1) is 0 Å². The van der Waals surface area contributed by atoms with Gasteiger partial charge in [0.05, 0.1) is 12.0 Å². The van der Waals surface area contributed by atoms with Crippen LogP contribution in [0.1, 0.15) is 37.7 Å². The van der Waals surface area contributed by atoms with Crippen LogP contribution in [0.3, 0.4) is 0 Å². The molecule has 0 heterocycles. The monoisotopic (exact) mass is 385 g/mol. The van der Waals surface area contributed by atoms with E-state index in [1.54, 1.807) is 0 Å². The second-order valence-corrected chi connectivity index (χ2v) is 7.24. The minimum absolute atomic E-state index is 0.120. The van der Waals surface area contributed by atoms with E-state index in [1.165, 1.54) is 0 Å². The number of hydrogen-bond acceptors (Lipinski definition) is 4. The summed E-state index contributed by atoms with van der Waals surface area (Å²) in [5, 5.41) is 18.5. The normalized spacial score (nSPS) is 11.4. The topological polar surface area (TPSA) is 92.8 Å². The molecule has 1 amide bonds. The number of aliphatic hydroxyl groups excluding tert-OH is 2. The summed E-state index contributed by atoms with van der Waals surface area (Å²) in [6.07, 6.45) is 2.60. The number of rotatable bonds is 12. The van der Waals surface area contributed by atoms with Crippen molar-refractivity contribution in [2.24, 2.45) is 11.1 Å². The van der Waals surface area contributed by atoms with E-state index in [0.29, 0.717) is 13.0 Å². The van der Waals surface area contributed by atoms with Gasteiger partial charge in [-0.3, -0.25) is 4.79 Å². The molecule has 4 N–H and O–H groups in total. The number of benzene rings is 2. The van der Waals surface area contributed by atoms with Gasteiger partial charge in [0.2, 0.25) is 5.91 Å². The van der Waals surface area contributed by atoms with Gasteiger partial charge in [0.15, 0.2) is 0 Å². The van der Waals surface area contributed by atoms with Crippen molar-refractivity contribution in [3.63, 3.8) is 0 Å². The van der Waals surface area contributed by atoms with E-state index in [9.17, 15) is 15.0 Å². The van der Waals surface area contributed by atoms with Crippen molar-refractivity contribution in [1.82, 2.24) is 0 Å². The maximum atomic E-state index is 11.9. The Morgan fingerprint density at radius 3 is 2.25 bits per heavy atom. The molecule has 0 unspecified atom stereocenters. The van der Waals surface area contributed by atoms with E-state index in [4.69, 9.17) is 10.5 Å². The van der Waals surface area contributed by atoms with Crippen LogP contribution in [0.4, 0.5) is 0 Å². The molecule has 2 rings (SSSR count). The summed E-state index contributed by atoms with van der Waals surface area (Å²) >= 11 is 0. The Balaban J connectivity index is 1.92. The molecule has 0 radical (unpaired) electrons. The van der Waals surface area contributed by atoms with Crippen LogP contribution in [0.25, 0.3) is 11.1 Å². The first-order valence-electron chi connectivity index (χ1n) is 9.83. The first kappa shape index (κ1) is 21.9. The quantitative estimate of drug-likeness (QED) is 0.488. The molecule has 0 spiro atoms. The van der Waals surface area contributed by atoms with Gasteiger partial charge in [-0.2, -0.15) is 0 Å². The van der Waals surface area contributed by atoms with Gasteiger partial charge >= 0.3 is 0 Å². The lowest BCUT2D eigenvalue weighted by molar-refractivity contribution is -0.130. The highest BCUT2D eigenvalue weighted by molar-refractivity contribution is 5.80. The molecule has 0 aromatic heterocycles. The van der Waals surface area contributed by atoms with Gasteiger partial charge in [0.1, 0.15) is 5.75 Å². The molecule has 28 heavy (non-hydrogen) atoms. The van der Waals surface area contributed by atoms with Crippen LogP contribution in [0, 0.1) is 12.3 Å². The SMILES string of the molecule is Cc1ccc(-c2ccccc2)cc1OCCCCC(CCO)(CCO)C(N)=O. The van der Waals surface area contributed by atoms with Gasteiger partial charge in [-0.1, -0.05) is 42.5 Å². The predicted octanol–water partition coefficient (Wildman–Crippen LogP) is 3.45. The average molecular weight is 386 g/mol. The molecule has 0 aliphatic carbocycles. The molecular formula is C23H31NO4. The third-order valence-corrected chi connectivity index (χ3v) is 5.31. The number of nitrogens with two attached hydrogens (primary N) is 1. The largest absolute Gasteiger partial charge is 0.493 e. The average Bonchev–Trinajstić information content (AvgIpc) is 2.69. The molecule has 0 aliphatic heterocycles. The van der Waals surface area contributed by atoms with Gasteiger partial charge in [0.25, 0.3) is 0 Å². The zero-order chi connectivity index (χ0) is 20.4. The lowest BCUT2D eigenvalue weighted by atomic mass is 9.76. The van der Waals surface area contributed by atoms with E-state index >= 15 is 0 Å². The van der Waals surface area contributed by atoms with Crippen molar-refractivity contribution in [3.05, 3.63) is 54.1 Å². The van der Waals surface area contributed by atoms with E-state index in [-0.39, 0.29) is 26.1 Å². The van der Waals surface area contributed by atoms with Crippen molar-refractivity contribution in [1.29, 1.82) is 0 Å². The summed E-state index contributed by atoms with van der Waals surface area (Å²) in [4.78, 5) is 11.9. The number of primary amides is 1. The van der Waals surface area contributed by atoms with Crippen molar-refractivity contribution >= 4 is 5.91 Å². The first-order valence-corrected chi connectivity index (χ1v) is 9.83. The molecule has 0 aliphatic rings. The molecule has 0 saturated heterocycles. The summed E-state index contributed by atoms with van der Waals surface area (Å²) < 4.78 is 5.98. The van der Waals surface area contributed by atoms with Crippen LogP contribution in [-0.2, 0) is 4.79 Å². The van der Waals surface area contributed by atoms with Gasteiger partial charge in [-0.25, -0.2) is 0 Å². The summed E-state index contributed by atoms with van der Waals surface area (Å²) in [6, 6.07) is 16.4. The van der Waals surface area contributed by atoms with Crippen LogP contribution in [0.2, 0.25) is 0 Å². The minimum atomic E-state index is -0.841. The summed E-state index contributed by atoms with van der Waals surface area (Å²) in [5.41, 5.74) is 8.04. The van der Waals surface area contributed by atoms with E-state index in [0.717, 1.165) is 35.3 Å². The standard InChI is InChI=1S/C23H31NO4/c1-18-9-10-20(19-7-3-2-4-8-19)17-21(18)28-16-6-5-11-23(12-14-25,13-15-26)22(24)27/h2-4,7-10,17,25-26H,5-6,11-16H2,1H3,(H2,24,27). The Hall–Kier alpha value is -2.37. The molecule has 152 valence electrons. The predicted molar refractivity (Wildman–Crippen MR) is 111 cm³/mol. The fraction of sp³-hybridized carbons (Fsp3) is 0.435. The molecule has 5 nitrogen and oxygen atoms in total. The van der Waals surface area contributed by atoms with Crippen LogP contribution < -0.4 is 10.5 Å². The van der Waals surface area contributed by atoms with Crippen molar-refractivity contribution in [3.8, 4) is 16.9 Å². The molecule has 5 heteroatoms. The summed E-state index contributed by atoms with van der Waals surface area (Å²) in [7, 11) is 0. The Kier molecular flexibility index (Phi) is 8.48. The van der Waals surface area contributed by atoms with E-state index in [1.807, 2.05) is 25.1 Å². The van der Waals surface area contributed by atoms with Gasteiger partial charge < -0.3 is 20.7 Å². The smallest absolute Gasteiger partial charge is 0.223 e. The number of amides is 1. The molecule has 2 aromatic rings. The van der Waals surface area contributed by atoms with Crippen LogP contribution in [0.5, 0.6) is 5.75 Å². The molecule has 0 fully saturated rings. The summed E-state index contributed by atoms with van der Waals surface area (Å²) in [6.45, 7) is 2.31. The highest BCUT2D eigenvalue weighted by Crippen LogP contribution is 2.32. The van der Waals surface area contributed by atoms with Crippen LogP contribution in [0.15, 0.2) is 48.5 Å². The van der Waals surface area contributed by atoms with Crippen molar-refractivity contribution < 1.29 is 19.7 Å². The Labute approximate surface area is 167 Å². The number of carbonyl (C=O) groups is 1. The second kappa shape index (κ2) is 10.8. The van der Waals surface area contributed by atoms with E-state index < -0.39 is 11.3 Å². The van der Waals surface area contributed by atoms with E-state index in [2.05, 4.69) is 30.3 Å². The Morgan fingerprint density at radius 2 is 1.64 bits per heavy atom. The van der Waals surface area contributed by atoms with Gasteiger partial charge in [-0.05, 0) is 61.8 Å². The number of aryl methyl sites for hydroxylation is 1. The number of carbonyl (C=O) groups excluding carboxylic acids is 1. The molecule has 0 bridgehead atoms. The molecule has 0 atom stereocenters. The zero-order valence-electron chi connectivity index (χ0n) is 16.6.